The van der Waals surface area contributed by atoms with E-state index in [4.69, 9.17) is 15.6 Å². The van der Waals surface area contributed by atoms with Gasteiger partial charge in [0, 0.05) is 6.54 Å². The number of aliphatic hydroxyl groups is 1. The number of carboxylic acids is 1. The number of hydrogen-bond acceptors (Lipinski definition) is 6. The van der Waals surface area contributed by atoms with Gasteiger partial charge in [0.15, 0.2) is 6.10 Å². The van der Waals surface area contributed by atoms with Crippen LogP contribution >= 0.6 is 0 Å². The Bertz CT molecular complexity index is 247. The summed E-state index contributed by atoms with van der Waals surface area (Å²) in [6, 6.07) is -0.723. The van der Waals surface area contributed by atoms with Crippen LogP contribution in [0.1, 0.15) is 12.8 Å². The van der Waals surface area contributed by atoms with Crippen LogP contribution in [-0.2, 0) is 9.53 Å². The maximum atomic E-state index is 10.7. The number of carbonyl (C=O) groups is 1. The number of rotatable bonds is 4. The van der Waals surface area contributed by atoms with Crippen molar-refractivity contribution in [1.29, 1.82) is 0 Å². The Morgan fingerprint density at radius 1 is 1.60 bits per heavy atom. The Hall–Kier alpha value is -1.05. The van der Waals surface area contributed by atoms with Gasteiger partial charge in [-0.2, -0.15) is 4.91 Å². The van der Waals surface area contributed by atoms with Gasteiger partial charge in [-0.3, -0.25) is 0 Å². The van der Waals surface area contributed by atoms with Gasteiger partial charge in [0.1, 0.15) is 12.1 Å². The molecule has 4 unspecified atom stereocenters. The molecular weight excluding hydrogens is 204 g/mol. The van der Waals surface area contributed by atoms with E-state index in [2.05, 4.69) is 5.18 Å². The normalized spacial score (nSPS) is 33.3. The zero-order valence-electron chi connectivity index (χ0n) is 8.07. The molecule has 0 aliphatic carbocycles. The van der Waals surface area contributed by atoms with Gasteiger partial charge in [-0.25, -0.2) is 4.79 Å². The summed E-state index contributed by atoms with van der Waals surface area (Å²) in [7, 11) is 0. The fourth-order valence-electron chi connectivity index (χ4n) is 1.61. The Labute approximate surface area is 86.2 Å². The minimum absolute atomic E-state index is 0.0942. The van der Waals surface area contributed by atoms with Crippen molar-refractivity contribution in [2.75, 3.05) is 6.54 Å². The third-order valence-corrected chi connectivity index (χ3v) is 2.46. The highest BCUT2D eigenvalue weighted by atomic mass is 16.5. The molecule has 0 aromatic heterocycles. The van der Waals surface area contributed by atoms with Crippen LogP contribution in [0.25, 0.3) is 0 Å². The molecule has 0 bridgehead atoms. The van der Waals surface area contributed by atoms with E-state index in [1.807, 2.05) is 0 Å². The molecule has 7 heteroatoms. The molecule has 1 aliphatic rings. The fraction of sp³-hybridized carbons (Fsp3) is 0.875. The average molecular weight is 218 g/mol. The van der Waals surface area contributed by atoms with E-state index in [1.54, 1.807) is 0 Å². The molecule has 0 radical (unpaired) electrons. The lowest BCUT2D eigenvalue weighted by Crippen LogP contribution is -2.49. The van der Waals surface area contributed by atoms with E-state index in [9.17, 15) is 14.8 Å². The van der Waals surface area contributed by atoms with Crippen molar-refractivity contribution < 1.29 is 19.7 Å². The monoisotopic (exact) mass is 218 g/mol. The van der Waals surface area contributed by atoms with Gasteiger partial charge in [0.25, 0.3) is 0 Å². The van der Waals surface area contributed by atoms with Gasteiger partial charge in [-0.1, -0.05) is 5.18 Å². The van der Waals surface area contributed by atoms with Crippen molar-refractivity contribution >= 4 is 5.97 Å². The van der Waals surface area contributed by atoms with E-state index < -0.39 is 30.3 Å². The first-order chi connectivity index (χ1) is 7.10. The summed E-state index contributed by atoms with van der Waals surface area (Å²) < 4.78 is 5.08. The summed E-state index contributed by atoms with van der Waals surface area (Å²) in [6.45, 7) is -0.0942. The molecule has 1 rings (SSSR count). The molecule has 4 N–H and O–H groups in total. The van der Waals surface area contributed by atoms with Crippen molar-refractivity contribution in [3.63, 3.8) is 0 Å². The quantitative estimate of drug-likeness (QED) is 0.524. The third-order valence-electron chi connectivity index (χ3n) is 2.46. The SMILES string of the molecule is NCC(O)C1OC(C(=O)O)CCC1N=O. The number of aliphatic hydroxyl groups excluding tert-OH is 1. The number of nitrogens with zero attached hydrogens (tertiary/aromatic N) is 1. The molecule has 0 spiro atoms. The van der Waals surface area contributed by atoms with Crippen molar-refractivity contribution in [1.82, 2.24) is 0 Å². The second-order valence-electron chi connectivity index (χ2n) is 3.48. The Kier molecular flexibility index (Phi) is 4.13. The summed E-state index contributed by atoms with van der Waals surface area (Å²) in [4.78, 5) is 21.1. The van der Waals surface area contributed by atoms with Crippen molar-refractivity contribution in [2.45, 2.75) is 37.2 Å². The van der Waals surface area contributed by atoms with Crippen LogP contribution in [0, 0.1) is 4.91 Å². The van der Waals surface area contributed by atoms with E-state index in [0.29, 0.717) is 6.42 Å². The molecule has 0 aromatic carbocycles. The summed E-state index contributed by atoms with van der Waals surface area (Å²) in [6.07, 6.45) is -2.45. The molecule has 1 aliphatic heterocycles. The van der Waals surface area contributed by atoms with E-state index in [-0.39, 0.29) is 13.0 Å². The molecule has 1 heterocycles. The summed E-state index contributed by atoms with van der Waals surface area (Å²) in [5.41, 5.74) is 5.22. The minimum Gasteiger partial charge on any atom is -0.479 e. The Morgan fingerprint density at radius 2 is 2.27 bits per heavy atom. The van der Waals surface area contributed by atoms with Gasteiger partial charge in [0.2, 0.25) is 0 Å². The first-order valence-electron chi connectivity index (χ1n) is 4.69. The number of nitrogens with two attached hydrogens (primary N) is 1. The highest BCUT2D eigenvalue weighted by Crippen LogP contribution is 2.24. The molecular formula is C8H14N2O5. The van der Waals surface area contributed by atoms with Crippen LogP contribution in [0.3, 0.4) is 0 Å². The maximum absolute atomic E-state index is 10.7. The molecule has 4 atom stereocenters. The second-order valence-corrected chi connectivity index (χ2v) is 3.48. The van der Waals surface area contributed by atoms with Crippen LogP contribution in [0.5, 0.6) is 0 Å². The lowest BCUT2D eigenvalue weighted by molar-refractivity contribution is -0.167. The van der Waals surface area contributed by atoms with Crippen molar-refractivity contribution in [3.05, 3.63) is 4.91 Å². The largest absolute Gasteiger partial charge is 0.479 e. The predicted molar refractivity (Wildman–Crippen MR) is 50.2 cm³/mol. The zero-order chi connectivity index (χ0) is 11.4. The highest BCUT2D eigenvalue weighted by Gasteiger charge is 2.38. The molecule has 0 amide bonds. The lowest BCUT2D eigenvalue weighted by atomic mass is 9.95. The first kappa shape index (κ1) is 12.0. The molecule has 0 saturated carbocycles. The Balaban J connectivity index is 2.68. The maximum Gasteiger partial charge on any atom is 0.332 e. The molecule has 1 saturated heterocycles. The number of nitroso groups, excluding NO2 is 1. The summed E-state index contributed by atoms with van der Waals surface area (Å²) >= 11 is 0. The van der Waals surface area contributed by atoms with Gasteiger partial charge >= 0.3 is 5.97 Å². The van der Waals surface area contributed by atoms with Gasteiger partial charge in [0.05, 0.1) is 6.10 Å². The van der Waals surface area contributed by atoms with Crippen LogP contribution < -0.4 is 5.73 Å². The van der Waals surface area contributed by atoms with Gasteiger partial charge in [-0.05, 0) is 12.8 Å². The molecule has 15 heavy (non-hydrogen) atoms. The van der Waals surface area contributed by atoms with Gasteiger partial charge in [-0.15, -0.1) is 0 Å². The molecule has 0 aromatic rings. The molecule has 1 fully saturated rings. The second kappa shape index (κ2) is 5.15. The number of aliphatic carboxylic acids is 1. The van der Waals surface area contributed by atoms with Crippen LogP contribution in [0.15, 0.2) is 5.18 Å². The van der Waals surface area contributed by atoms with Crippen molar-refractivity contribution in [2.24, 2.45) is 10.9 Å². The van der Waals surface area contributed by atoms with Crippen molar-refractivity contribution in [3.8, 4) is 0 Å². The highest BCUT2D eigenvalue weighted by molar-refractivity contribution is 5.72. The third kappa shape index (κ3) is 2.71. The first-order valence-corrected chi connectivity index (χ1v) is 4.69. The predicted octanol–water partition coefficient (Wildman–Crippen LogP) is -0.927. The number of hydrogen-bond donors (Lipinski definition) is 3. The lowest BCUT2D eigenvalue weighted by Gasteiger charge is -2.33. The fourth-order valence-corrected chi connectivity index (χ4v) is 1.61. The summed E-state index contributed by atoms with van der Waals surface area (Å²) in [5.74, 6) is -1.10. The standard InChI is InChI=1S/C8H14N2O5/c9-3-5(11)7-4(10-14)1-2-6(15-7)8(12)13/h4-7,11H,1-3,9H2,(H,12,13). The molecule has 7 nitrogen and oxygen atoms in total. The Morgan fingerprint density at radius 3 is 2.73 bits per heavy atom. The smallest absolute Gasteiger partial charge is 0.332 e. The molecule has 86 valence electrons. The topological polar surface area (TPSA) is 122 Å². The average Bonchev–Trinajstić information content (AvgIpc) is 2.27. The zero-order valence-corrected chi connectivity index (χ0v) is 8.07. The van der Waals surface area contributed by atoms with Crippen LogP contribution in [-0.4, -0.2) is 47.1 Å². The minimum atomic E-state index is -1.10. The summed E-state index contributed by atoms with van der Waals surface area (Å²) in [5, 5.41) is 21.0. The van der Waals surface area contributed by atoms with E-state index >= 15 is 0 Å². The number of carboxylic acid groups (broad SMARTS) is 1. The van der Waals surface area contributed by atoms with Gasteiger partial charge < -0.3 is 20.7 Å². The van der Waals surface area contributed by atoms with E-state index in [1.165, 1.54) is 0 Å². The number of ether oxygens (including phenoxy) is 1. The van der Waals surface area contributed by atoms with E-state index in [0.717, 1.165) is 0 Å². The van der Waals surface area contributed by atoms with Crippen LogP contribution in [0.4, 0.5) is 0 Å². The van der Waals surface area contributed by atoms with Crippen LogP contribution in [0.2, 0.25) is 0 Å².